The number of methoxy groups -OCH3 is 1. The van der Waals surface area contributed by atoms with Crippen LogP contribution < -0.4 is 11.1 Å². The third kappa shape index (κ3) is 5.47. The standard InChI is InChI=1S/C12H14ClN3O5.ClH/c1-21-12(18)5-9(15-11(17)6-14)7-2-3-8(13)10(4-7)16(19)20;/h2-4,9H,5-6,14H2,1H3,(H,15,17);1H. The van der Waals surface area contributed by atoms with E-state index in [1.807, 2.05) is 0 Å². The summed E-state index contributed by atoms with van der Waals surface area (Å²) in [6.07, 6.45) is -0.180. The summed E-state index contributed by atoms with van der Waals surface area (Å²) in [5.41, 5.74) is 5.25. The number of nitrogens with zero attached hydrogens (tertiary/aromatic N) is 1. The Balaban J connectivity index is 0.00000441. The lowest BCUT2D eigenvalue weighted by Crippen LogP contribution is -2.35. The van der Waals surface area contributed by atoms with Crippen LogP contribution in [0.4, 0.5) is 5.69 Å². The average molecular weight is 352 g/mol. The van der Waals surface area contributed by atoms with Gasteiger partial charge in [0.15, 0.2) is 0 Å². The van der Waals surface area contributed by atoms with Crippen molar-refractivity contribution >= 4 is 41.6 Å². The zero-order chi connectivity index (χ0) is 16.0. The number of benzene rings is 1. The normalized spacial score (nSPS) is 11.0. The van der Waals surface area contributed by atoms with Gasteiger partial charge in [0, 0.05) is 6.07 Å². The van der Waals surface area contributed by atoms with Crippen LogP contribution in [0.3, 0.4) is 0 Å². The van der Waals surface area contributed by atoms with E-state index in [2.05, 4.69) is 10.1 Å². The van der Waals surface area contributed by atoms with Gasteiger partial charge in [0.1, 0.15) is 5.02 Å². The molecule has 0 aliphatic carbocycles. The number of nitro benzene ring substituents is 1. The Bertz CT molecular complexity index is 550. The largest absolute Gasteiger partial charge is 0.469 e. The number of hydrogen-bond donors (Lipinski definition) is 2. The number of nitro groups is 1. The third-order valence-corrected chi connectivity index (χ3v) is 3.01. The van der Waals surface area contributed by atoms with Gasteiger partial charge in [-0.1, -0.05) is 17.7 Å². The van der Waals surface area contributed by atoms with Gasteiger partial charge in [0.25, 0.3) is 5.69 Å². The van der Waals surface area contributed by atoms with Gasteiger partial charge in [-0.05, 0) is 11.6 Å². The topological polar surface area (TPSA) is 125 Å². The maximum Gasteiger partial charge on any atom is 0.307 e. The van der Waals surface area contributed by atoms with Gasteiger partial charge in [-0.15, -0.1) is 12.4 Å². The number of ether oxygens (including phenoxy) is 1. The fourth-order valence-electron chi connectivity index (χ4n) is 1.64. The van der Waals surface area contributed by atoms with Gasteiger partial charge < -0.3 is 15.8 Å². The second kappa shape index (κ2) is 9.19. The molecule has 0 aliphatic rings. The minimum atomic E-state index is -0.788. The van der Waals surface area contributed by atoms with Gasteiger partial charge in [-0.3, -0.25) is 19.7 Å². The van der Waals surface area contributed by atoms with E-state index in [1.165, 1.54) is 25.3 Å². The predicted octanol–water partition coefficient (Wildman–Crippen LogP) is 1.35. The van der Waals surface area contributed by atoms with Crippen LogP contribution in [0.1, 0.15) is 18.0 Å². The Morgan fingerprint density at radius 3 is 2.64 bits per heavy atom. The number of amides is 1. The van der Waals surface area contributed by atoms with Crippen LogP contribution in [0.5, 0.6) is 0 Å². The van der Waals surface area contributed by atoms with E-state index in [0.29, 0.717) is 5.56 Å². The minimum Gasteiger partial charge on any atom is -0.469 e. The number of rotatable bonds is 6. The first-order chi connectivity index (χ1) is 9.88. The molecule has 0 saturated heterocycles. The van der Waals surface area contributed by atoms with Gasteiger partial charge in [-0.25, -0.2) is 0 Å². The second-order valence-electron chi connectivity index (χ2n) is 4.07. The number of carbonyl (C=O) groups excluding carboxylic acids is 2. The highest BCUT2D eigenvalue weighted by molar-refractivity contribution is 6.32. The summed E-state index contributed by atoms with van der Waals surface area (Å²) >= 11 is 5.72. The highest BCUT2D eigenvalue weighted by Crippen LogP contribution is 2.29. The van der Waals surface area contributed by atoms with Crippen molar-refractivity contribution in [2.24, 2.45) is 5.73 Å². The molecule has 1 atom stereocenters. The summed E-state index contributed by atoms with van der Waals surface area (Å²) in [6, 6.07) is 3.23. The first-order valence-corrected chi connectivity index (χ1v) is 6.27. The Labute approximate surface area is 137 Å². The van der Waals surface area contributed by atoms with Crippen molar-refractivity contribution < 1.29 is 19.2 Å². The van der Waals surface area contributed by atoms with Crippen molar-refractivity contribution in [1.82, 2.24) is 5.32 Å². The van der Waals surface area contributed by atoms with E-state index in [4.69, 9.17) is 17.3 Å². The maximum atomic E-state index is 11.4. The molecule has 1 aromatic rings. The fourth-order valence-corrected chi connectivity index (χ4v) is 1.83. The molecule has 1 unspecified atom stereocenters. The number of esters is 1. The van der Waals surface area contributed by atoms with Crippen LogP contribution in [0.25, 0.3) is 0 Å². The lowest BCUT2D eigenvalue weighted by atomic mass is 10.0. The van der Waals surface area contributed by atoms with Crippen molar-refractivity contribution in [3.05, 3.63) is 38.9 Å². The van der Waals surface area contributed by atoms with Crippen LogP contribution >= 0.6 is 24.0 Å². The Morgan fingerprint density at radius 1 is 1.50 bits per heavy atom. The molecule has 122 valence electrons. The second-order valence-corrected chi connectivity index (χ2v) is 4.48. The van der Waals surface area contributed by atoms with Gasteiger partial charge in [0.05, 0.1) is 31.0 Å². The molecule has 0 heterocycles. The first-order valence-electron chi connectivity index (χ1n) is 5.89. The van der Waals surface area contributed by atoms with Crippen molar-refractivity contribution in [3.8, 4) is 0 Å². The zero-order valence-electron chi connectivity index (χ0n) is 11.6. The van der Waals surface area contributed by atoms with Crippen LogP contribution in [-0.2, 0) is 14.3 Å². The molecule has 8 nitrogen and oxygen atoms in total. The highest BCUT2D eigenvalue weighted by Gasteiger charge is 2.22. The molecule has 0 aromatic heterocycles. The molecule has 0 bridgehead atoms. The van der Waals surface area contributed by atoms with E-state index < -0.39 is 22.8 Å². The van der Waals surface area contributed by atoms with Crippen molar-refractivity contribution in [1.29, 1.82) is 0 Å². The summed E-state index contributed by atoms with van der Waals surface area (Å²) in [4.78, 5) is 33.0. The zero-order valence-corrected chi connectivity index (χ0v) is 13.1. The number of carbonyl (C=O) groups is 2. The highest BCUT2D eigenvalue weighted by atomic mass is 35.5. The van der Waals surface area contributed by atoms with Crippen LogP contribution in [0.15, 0.2) is 18.2 Å². The van der Waals surface area contributed by atoms with Gasteiger partial charge in [-0.2, -0.15) is 0 Å². The molecular formula is C12H15Cl2N3O5. The number of hydrogen-bond acceptors (Lipinski definition) is 6. The molecular weight excluding hydrogens is 337 g/mol. The molecule has 1 rings (SSSR count). The average Bonchev–Trinajstić information content (AvgIpc) is 2.46. The summed E-state index contributed by atoms with van der Waals surface area (Å²) in [7, 11) is 1.20. The predicted molar refractivity (Wildman–Crippen MR) is 81.9 cm³/mol. The lowest BCUT2D eigenvalue weighted by Gasteiger charge is -2.17. The fraction of sp³-hybridized carbons (Fsp3) is 0.333. The van der Waals surface area contributed by atoms with Gasteiger partial charge >= 0.3 is 5.97 Å². The monoisotopic (exact) mass is 351 g/mol. The molecule has 0 aliphatic heterocycles. The quantitative estimate of drug-likeness (QED) is 0.452. The van der Waals surface area contributed by atoms with Crippen molar-refractivity contribution in [2.45, 2.75) is 12.5 Å². The summed E-state index contributed by atoms with van der Waals surface area (Å²) in [6.45, 7) is -0.270. The molecule has 0 fully saturated rings. The molecule has 0 radical (unpaired) electrons. The summed E-state index contributed by atoms with van der Waals surface area (Å²) in [5, 5.41) is 13.3. The van der Waals surface area contributed by atoms with Crippen molar-refractivity contribution in [2.75, 3.05) is 13.7 Å². The lowest BCUT2D eigenvalue weighted by molar-refractivity contribution is -0.384. The molecule has 0 spiro atoms. The smallest absolute Gasteiger partial charge is 0.307 e. The van der Waals surface area contributed by atoms with E-state index in [-0.39, 0.29) is 36.1 Å². The molecule has 0 saturated carbocycles. The van der Waals surface area contributed by atoms with Crippen LogP contribution in [-0.4, -0.2) is 30.5 Å². The Hall–Kier alpha value is -1.90. The summed E-state index contributed by atoms with van der Waals surface area (Å²) < 4.78 is 4.54. The van der Waals surface area contributed by atoms with Crippen LogP contribution in [0, 0.1) is 10.1 Å². The van der Waals surface area contributed by atoms with E-state index in [0.717, 1.165) is 0 Å². The third-order valence-electron chi connectivity index (χ3n) is 2.69. The molecule has 1 amide bonds. The van der Waals surface area contributed by atoms with Gasteiger partial charge in [0.2, 0.25) is 5.91 Å². The van der Waals surface area contributed by atoms with E-state index >= 15 is 0 Å². The molecule has 10 heteroatoms. The molecule has 1 aromatic carbocycles. The minimum absolute atomic E-state index is 0. The SMILES string of the molecule is COC(=O)CC(NC(=O)CN)c1ccc(Cl)c([N+](=O)[O-])c1.Cl. The van der Waals surface area contributed by atoms with E-state index in [1.54, 1.807) is 0 Å². The maximum absolute atomic E-state index is 11.4. The summed E-state index contributed by atoms with van der Waals surface area (Å²) in [5.74, 6) is -1.07. The number of halogens is 2. The number of nitrogens with one attached hydrogen (secondary N) is 1. The first kappa shape index (κ1) is 20.1. The van der Waals surface area contributed by atoms with Crippen LogP contribution in [0.2, 0.25) is 5.02 Å². The molecule has 3 N–H and O–H groups in total. The number of nitrogens with two attached hydrogens (primary N) is 1. The Morgan fingerprint density at radius 2 is 2.14 bits per heavy atom. The van der Waals surface area contributed by atoms with Crippen molar-refractivity contribution in [3.63, 3.8) is 0 Å². The van der Waals surface area contributed by atoms with E-state index in [9.17, 15) is 19.7 Å². The molecule has 22 heavy (non-hydrogen) atoms. The Kier molecular flexibility index (Phi) is 8.39.